The molecule has 6 heteroatoms. The second-order valence-corrected chi connectivity index (χ2v) is 6.83. The third-order valence-corrected chi connectivity index (χ3v) is 4.48. The quantitative estimate of drug-likeness (QED) is 0.917. The number of nitrogens with zero attached hydrogens (tertiary/aromatic N) is 2. The molecule has 138 valence electrons. The average Bonchev–Trinajstić information content (AvgIpc) is 3.16. The first-order chi connectivity index (χ1) is 12.5. The molecule has 2 aromatic rings. The summed E-state index contributed by atoms with van der Waals surface area (Å²) in [5, 5.41) is 0. The van der Waals surface area contributed by atoms with Crippen molar-refractivity contribution < 1.29 is 14.3 Å². The molecule has 1 aliphatic rings. The number of ether oxygens (including phenoxy) is 1. The summed E-state index contributed by atoms with van der Waals surface area (Å²) in [6.07, 6.45) is 3.53. The minimum atomic E-state index is -0.00191. The van der Waals surface area contributed by atoms with Crippen molar-refractivity contribution in [3.8, 4) is 5.75 Å². The molecular weight excluding hydrogens is 330 g/mol. The molecule has 1 aromatic heterocycles. The fourth-order valence-electron chi connectivity index (χ4n) is 3.10. The van der Waals surface area contributed by atoms with E-state index in [2.05, 4.69) is 4.98 Å². The van der Waals surface area contributed by atoms with Crippen molar-refractivity contribution in [3.63, 3.8) is 0 Å². The van der Waals surface area contributed by atoms with E-state index < -0.39 is 0 Å². The molecule has 1 aliphatic heterocycles. The fourth-order valence-corrected chi connectivity index (χ4v) is 3.10. The Labute approximate surface area is 153 Å². The monoisotopic (exact) mass is 355 g/mol. The van der Waals surface area contributed by atoms with Crippen LogP contribution >= 0.6 is 0 Å². The highest BCUT2D eigenvalue weighted by Gasteiger charge is 2.25. The van der Waals surface area contributed by atoms with Gasteiger partial charge < -0.3 is 19.5 Å². The van der Waals surface area contributed by atoms with E-state index in [4.69, 9.17) is 4.74 Å². The topological polar surface area (TPSA) is 65.6 Å². The average molecular weight is 355 g/mol. The predicted molar refractivity (Wildman–Crippen MR) is 99.5 cm³/mol. The predicted octanol–water partition coefficient (Wildman–Crippen LogP) is 2.71. The van der Waals surface area contributed by atoms with Crippen molar-refractivity contribution in [3.05, 3.63) is 53.3 Å². The van der Waals surface area contributed by atoms with Crippen LogP contribution in [0.15, 0.2) is 36.7 Å². The van der Waals surface area contributed by atoms with Crippen LogP contribution in [0.2, 0.25) is 0 Å². The molecule has 26 heavy (non-hydrogen) atoms. The van der Waals surface area contributed by atoms with Crippen molar-refractivity contribution in [1.82, 2.24) is 14.8 Å². The molecular formula is C20H25N3O3. The Kier molecular flexibility index (Phi) is 5.30. The van der Waals surface area contributed by atoms with Gasteiger partial charge in [0.25, 0.3) is 11.8 Å². The number of aromatic nitrogens is 1. The van der Waals surface area contributed by atoms with Gasteiger partial charge in [-0.2, -0.15) is 0 Å². The van der Waals surface area contributed by atoms with Crippen molar-refractivity contribution in [2.24, 2.45) is 0 Å². The maximum atomic E-state index is 12.8. The summed E-state index contributed by atoms with van der Waals surface area (Å²) in [4.78, 5) is 31.6. The minimum Gasteiger partial charge on any atom is -0.491 e. The molecule has 3 rings (SSSR count). The van der Waals surface area contributed by atoms with Crippen molar-refractivity contribution in [2.45, 2.75) is 26.9 Å². The van der Waals surface area contributed by atoms with Crippen molar-refractivity contribution in [2.75, 3.05) is 26.2 Å². The highest BCUT2D eigenvalue weighted by atomic mass is 16.5. The number of carbonyl (C=O) groups excluding carboxylic acids is 2. The molecule has 0 atom stereocenters. The molecule has 0 saturated carbocycles. The van der Waals surface area contributed by atoms with Crippen LogP contribution in [0.25, 0.3) is 0 Å². The number of hydrogen-bond acceptors (Lipinski definition) is 3. The first kappa shape index (κ1) is 18.0. The van der Waals surface area contributed by atoms with Gasteiger partial charge in [0.15, 0.2) is 0 Å². The largest absolute Gasteiger partial charge is 0.491 e. The molecule has 0 bridgehead atoms. The molecule has 0 unspecified atom stereocenters. The lowest BCUT2D eigenvalue weighted by Crippen LogP contribution is -2.50. The summed E-state index contributed by atoms with van der Waals surface area (Å²) in [6, 6.07) is 7.30. The third-order valence-electron chi connectivity index (χ3n) is 4.48. The van der Waals surface area contributed by atoms with E-state index in [1.54, 1.807) is 28.3 Å². The van der Waals surface area contributed by atoms with Crippen LogP contribution < -0.4 is 4.74 Å². The number of hydrogen-bond donors (Lipinski definition) is 1. The standard InChI is InChI=1S/C20H25N3O3/c1-14(2)26-18-5-4-16(12-15(18)3)19(24)22-8-10-23(11-9-22)20(25)17-6-7-21-13-17/h4-7,12-14,21H,8-11H2,1-3H3. The SMILES string of the molecule is Cc1cc(C(=O)N2CCN(C(=O)c3cc[nH]c3)CC2)ccc1OC(C)C. The summed E-state index contributed by atoms with van der Waals surface area (Å²) in [6.45, 7) is 8.07. The highest BCUT2D eigenvalue weighted by Crippen LogP contribution is 2.22. The summed E-state index contributed by atoms with van der Waals surface area (Å²) < 4.78 is 5.73. The lowest BCUT2D eigenvalue weighted by molar-refractivity contribution is 0.0535. The number of carbonyl (C=O) groups is 2. The smallest absolute Gasteiger partial charge is 0.255 e. The second-order valence-electron chi connectivity index (χ2n) is 6.83. The van der Waals surface area contributed by atoms with E-state index in [-0.39, 0.29) is 17.9 Å². The molecule has 1 saturated heterocycles. The van der Waals surface area contributed by atoms with Crippen LogP contribution in [0.5, 0.6) is 5.75 Å². The van der Waals surface area contributed by atoms with Gasteiger partial charge in [-0.15, -0.1) is 0 Å². The summed E-state index contributed by atoms with van der Waals surface area (Å²) in [5.74, 6) is 0.806. The first-order valence-electron chi connectivity index (χ1n) is 8.94. The number of rotatable bonds is 4. The molecule has 6 nitrogen and oxygen atoms in total. The molecule has 1 aromatic carbocycles. The lowest BCUT2D eigenvalue weighted by atomic mass is 10.1. The van der Waals surface area contributed by atoms with E-state index >= 15 is 0 Å². The third kappa shape index (κ3) is 3.90. The van der Waals surface area contributed by atoms with Gasteiger partial charge in [-0.05, 0) is 50.6 Å². The van der Waals surface area contributed by atoms with Crippen LogP contribution in [0.1, 0.15) is 40.1 Å². The fraction of sp³-hybridized carbons (Fsp3) is 0.400. The number of H-pyrrole nitrogens is 1. The molecule has 2 heterocycles. The van der Waals surface area contributed by atoms with Gasteiger partial charge >= 0.3 is 0 Å². The molecule has 0 aliphatic carbocycles. The molecule has 1 fully saturated rings. The first-order valence-corrected chi connectivity index (χ1v) is 8.94. The Balaban J connectivity index is 1.61. The maximum Gasteiger partial charge on any atom is 0.255 e. The molecule has 2 amide bonds. The van der Waals surface area contributed by atoms with E-state index in [1.807, 2.05) is 39.0 Å². The van der Waals surface area contributed by atoms with Gasteiger partial charge in [0.1, 0.15) is 5.75 Å². The minimum absolute atomic E-state index is 0.00191. The van der Waals surface area contributed by atoms with Crippen molar-refractivity contribution in [1.29, 1.82) is 0 Å². The zero-order chi connectivity index (χ0) is 18.7. The van der Waals surface area contributed by atoms with Crippen LogP contribution in [0.4, 0.5) is 0 Å². The highest BCUT2D eigenvalue weighted by molar-refractivity contribution is 5.96. The van der Waals surface area contributed by atoms with E-state index in [0.29, 0.717) is 37.3 Å². The summed E-state index contributed by atoms with van der Waals surface area (Å²) in [5.41, 5.74) is 2.26. The van der Waals surface area contributed by atoms with Crippen LogP contribution in [0, 0.1) is 6.92 Å². The maximum absolute atomic E-state index is 12.8. The van der Waals surface area contributed by atoms with Gasteiger partial charge in [-0.1, -0.05) is 0 Å². The summed E-state index contributed by atoms with van der Waals surface area (Å²) in [7, 11) is 0. The molecule has 1 N–H and O–H groups in total. The van der Waals surface area contributed by atoms with Crippen molar-refractivity contribution >= 4 is 11.8 Å². The lowest BCUT2D eigenvalue weighted by Gasteiger charge is -2.34. The Morgan fingerprint density at radius 3 is 2.12 bits per heavy atom. The zero-order valence-corrected chi connectivity index (χ0v) is 15.5. The van der Waals surface area contributed by atoms with Gasteiger partial charge in [0.2, 0.25) is 0 Å². The Morgan fingerprint density at radius 1 is 1.00 bits per heavy atom. The second kappa shape index (κ2) is 7.64. The van der Waals surface area contributed by atoms with Crippen LogP contribution in [-0.2, 0) is 0 Å². The Bertz CT molecular complexity index is 776. The van der Waals surface area contributed by atoms with Gasteiger partial charge in [-0.25, -0.2) is 0 Å². The normalized spacial score (nSPS) is 14.6. The Hall–Kier alpha value is -2.76. The Morgan fingerprint density at radius 2 is 1.62 bits per heavy atom. The van der Waals surface area contributed by atoms with Crippen LogP contribution in [0.3, 0.4) is 0 Å². The molecule has 0 radical (unpaired) electrons. The number of amides is 2. The number of nitrogens with one attached hydrogen (secondary N) is 1. The van der Waals surface area contributed by atoms with Crippen LogP contribution in [-0.4, -0.2) is 58.9 Å². The number of benzene rings is 1. The zero-order valence-electron chi connectivity index (χ0n) is 15.5. The van der Waals surface area contributed by atoms with E-state index in [9.17, 15) is 9.59 Å². The number of aryl methyl sites for hydroxylation is 1. The van der Waals surface area contributed by atoms with E-state index in [1.165, 1.54) is 0 Å². The van der Waals surface area contributed by atoms with Gasteiger partial charge in [0.05, 0.1) is 11.7 Å². The number of piperazine rings is 1. The van der Waals surface area contributed by atoms with Gasteiger partial charge in [-0.3, -0.25) is 9.59 Å². The van der Waals surface area contributed by atoms with Gasteiger partial charge in [0, 0.05) is 44.1 Å². The van der Waals surface area contributed by atoms with E-state index in [0.717, 1.165) is 11.3 Å². The summed E-state index contributed by atoms with van der Waals surface area (Å²) >= 11 is 0. The number of aromatic amines is 1. The molecule has 0 spiro atoms.